The number of allylic oxidation sites excluding steroid dienone is 4. The predicted octanol–water partition coefficient (Wildman–Crippen LogP) is 6.58. The number of hydrogen-bond acceptors (Lipinski definition) is 3. The molecular formula is C22H30FNO2S. The SMILES string of the molecule is C=C(NSc1ccc(CCCCCCC(=O)O)cc1)/C(C)=C\C(F)=C/CC. The smallest absolute Gasteiger partial charge is 0.303 e. The van der Waals surface area contributed by atoms with Gasteiger partial charge in [-0.15, -0.1) is 0 Å². The Morgan fingerprint density at radius 1 is 1.22 bits per heavy atom. The summed E-state index contributed by atoms with van der Waals surface area (Å²) in [6, 6.07) is 8.33. The Hall–Kier alpha value is -2.01. The second kappa shape index (κ2) is 13.2. The number of nitrogens with one attached hydrogen (secondary N) is 1. The molecule has 0 radical (unpaired) electrons. The Labute approximate surface area is 166 Å². The Kier molecular flexibility index (Phi) is 11.3. The predicted molar refractivity (Wildman–Crippen MR) is 112 cm³/mol. The molecule has 0 fully saturated rings. The number of aryl methyl sites for hydroxylation is 1. The molecule has 0 saturated carbocycles. The fraction of sp³-hybridized carbons (Fsp3) is 0.409. The van der Waals surface area contributed by atoms with Gasteiger partial charge in [-0.25, -0.2) is 4.39 Å². The highest BCUT2D eigenvalue weighted by Crippen LogP contribution is 2.20. The Bertz CT molecular complexity index is 665. The van der Waals surface area contributed by atoms with Gasteiger partial charge in [0.25, 0.3) is 0 Å². The average Bonchev–Trinajstić information content (AvgIpc) is 2.63. The van der Waals surface area contributed by atoms with Crippen LogP contribution < -0.4 is 4.72 Å². The number of rotatable bonds is 13. The molecule has 27 heavy (non-hydrogen) atoms. The lowest BCUT2D eigenvalue weighted by Crippen LogP contribution is -2.03. The van der Waals surface area contributed by atoms with Crippen molar-refractivity contribution in [1.29, 1.82) is 0 Å². The lowest BCUT2D eigenvalue weighted by atomic mass is 10.1. The summed E-state index contributed by atoms with van der Waals surface area (Å²) in [7, 11) is 0. The van der Waals surface area contributed by atoms with E-state index in [0.717, 1.165) is 42.6 Å². The van der Waals surface area contributed by atoms with E-state index in [-0.39, 0.29) is 12.2 Å². The van der Waals surface area contributed by atoms with Gasteiger partial charge in [-0.05, 0) is 80.0 Å². The number of hydrogen-bond donors (Lipinski definition) is 2. The summed E-state index contributed by atoms with van der Waals surface area (Å²) >= 11 is 1.46. The topological polar surface area (TPSA) is 49.3 Å². The van der Waals surface area contributed by atoms with Gasteiger partial charge in [-0.1, -0.05) is 38.5 Å². The van der Waals surface area contributed by atoms with Crippen LogP contribution in [0, 0.1) is 0 Å². The summed E-state index contributed by atoms with van der Waals surface area (Å²) in [5.41, 5.74) is 2.73. The molecule has 0 heterocycles. The van der Waals surface area contributed by atoms with Crippen LogP contribution in [0.1, 0.15) is 57.9 Å². The van der Waals surface area contributed by atoms with Crippen molar-refractivity contribution in [2.45, 2.75) is 63.7 Å². The second-order valence-corrected chi connectivity index (χ2v) is 7.34. The highest BCUT2D eigenvalue weighted by atomic mass is 32.2. The van der Waals surface area contributed by atoms with Gasteiger partial charge in [0.15, 0.2) is 0 Å². The minimum Gasteiger partial charge on any atom is -0.481 e. The second-order valence-electron chi connectivity index (χ2n) is 6.46. The first-order valence-corrected chi connectivity index (χ1v) is 10.2. The number of aliphatic carboxylic acids is 1. The van der Waals surface area contributed by atoms with E-state index < -0.39 is 5.97 Å². The molecule has 0 aliphatic heterocycles. The molecule has 148 valence electrons. The number of carbonyl (C=O) groups is 1. The molecule has 5 heteroatoms. The van der Waals surface area contributed by atoms with Crippen LogP contribution in [-0.4, -0.2) is 11.1 Å². The van der Waals surface area contributed by atoms with E-state index in [0.29, 0.717) is 12.1 Å². The Morgan fingerprint density at radius 2 is 1.89 bits per heavy atom. The number of carboxylic acid groups (broad SMARTS) is 1. The van der Waals surface area contributed by atoms with E-state index in [2.05, 4.69) is 35.6 Å². The molecule has 0 saturated heterocycles. The first-order valence-electron chi connectivity index (χ1n) is 9.39. The number of halogens is 1. The third-order valence-corrected chi connectivity index (χ3v) is 4.91. The minimum atomic E-state index is -0.715. The summed E-state index contributed by atoms with van der Waals surface area (Å²) in [6.07, 6.45) is 8.80. The molecule has 1 rings (SSSR count). The van der Waals surface area contributed by atoms with Gasteiger partial charge in [-0.2, -0.15) is 0 Å². The number of carboxylic acids is 1. The average molecular weight is 392 g/mol. The van der Waals surface area contributed by atoms with Crippen LogP contribution in [0.25, 0.3) is 0 Å². The molecule has 2 N–H and O–H groups in total. The van der Waals surface area contributed by atoms with Crippen molar-refractivity contribution in [2.24, 2.45) is 0 Å². The van der Waals surface area contributed by atoms with Gasteiger partial charge in [0.05, 0.1) is 0 Å². The Morgan fingerprint density at radius 3 is 2.52 bits per heavy atom. The maximum atomic E-state index is 13.5. The summed E-state index contributed by atoms with van der Waals surface area (Å²) < 4.78 is 16.7. The molecule has 3 nitrogen and oxygen atoms in total. The van der Waals surface area contributed by atoms with E-state index in [1.807, 2.05) is 13.8 Å². The van der Waals surface area contributed by atoms with Crippen LogP contribution in [0.4, 0.5) is 4.39 Å². The lowest BCUT2D eigenvalue weighted by Gasteiger charge is -2.09. The van der Waals surface area contributed by atoms with Crippen molar-refractivity contribution in [3.63, 3.8) is 0 Å². The van der Waals surface area contributed by atoms with E-state index >= 15 is 0 Å². The summed E-state index contributed by atoms with van der Waals surface area (Å²) in [4.78, 5) is 11.5. The quantitative estimate of drug-likeness (QED) is 0.226. The van der Waals surface area contributed by atoms with E-state index in [1.165, 1.54) is 29.7 Å². The third-order valence-electron chi connectivity index (χ3n) is 4.05. The van der Waals surface area contributed by atoms with E-state index in [4.69, 9.17) is 5.11 Å². The van der Waals surface area contributed by atoms with Crippen molar-refractivity contribution < 1.29 is 14.3 Å². The van der Waals surface area contributed by atoms with Gasteiger partial charge in [0.2, 0.25) is 0 Å². The maximum absolute atomic E-state index is 13.5. The molecule has 1 aromatic carbocycles. The highest BCUT2D eigenvalue weighted by molar-refractivity contribution is 7.97. The third kappa shape index (κ3) is 10.7. The van der Waals surface area contributed by atoms with Crippen LogP contribution in [0.2, 0.25) is 0 Å². The van der Waals surface area contributed by atoms with Crippen LogP contribution in [-0.2, 0) is 11.2 Å². The van der Waals surface area contributed by atoms with Crippen LogP contribution in [0.5, 0.6) is 0 Å². The molecule has 0 aliphatic carbocycles. The van der Waals surface area contributed by atoms with Gasteiger partial charge >= 0.3 is 5.97 Å². The number of unbranched alkanes of at least 4 members (excludes halogenated alkanes) is 3. The monoisotopic (exact) mass is 391 g/mol. The van der Waals surface area contributed by atoms with Gasteiger partial charge in [-0.3, -0.25) is 4.79 Å². The zero-order valence-electron chi connectivity index (χ0n) is 16.3. The first-order chi connectivity index (χ1) is 12.9. The van der Waals surface area contributed by atoms with Gasteiger partial charge < -0.3 is 9.83 Å². The molecule has 0 bridgehead atoms. The molecule has 0 atom stereocenters. The molecule has 1 aromatic rings. The van der Waals surface area contributed by atoms with Gasteiger partial charge in [0, 0.05) is 17.0 Å². The molecular weight excluding hydrogens is 361 g/mol. The summed E-state index contributed by atoms with van der Waals surface area (Å²) in [5, 5.41) is 8.61. The van der Waals surface area contributed by atoms with Crippen molar-refractivity contribution in [3.8, 4) is 0 Å². The van der Waals surface area contributed by atoms with Crippen molar-refractivity contribution >= 4 is 17.9 Å². The number of benzene rings is 1. The highest BCUT2D eigenvalue weighted by Gasteiger charge is 2.01. The minimum absolute atomic E-state index is 0.240. The molecule has 0 aromatic heterocycles. The van der Waals surface area contributed by atoms with Crippen molar-refractivity contribution in [3.05, 3.63) is 65.7 Å². The summed E-state index contributed by atoms with van der Waals surface area (Å²) in [6.45, 7) is 7.67. The van der Waals surface area contributed by atoms with Crippen LogP contribution in [0.15, 0.2) is 65.0 Å². The molecule has 0 spiro atoms. The van der Waals surface area contributed by atoms with E-state index in [1.54, 1.807) is 0 Å². The fourth-order valence-corrected chi connectivity index (χ4v) is 3.11. The normalized spacial score (nSPS) is 12.1. The Balaban J connectivity index is 2.34. The van der Waals surface area contributed by atoms with Crippen molar-refractivity contribution in [2.75, 3.05) is 0 Å². The molecule has 0 aliphatic rings. The largest absolute Gasteiger partial charge is 0.481 e. The van der Waals surface area contributed by atoms with E-state index in [9.17, 15) is 9.18 Å². The van der Waals surface area contributed by atoms with Crippen LogP contribution in [0.3, 0.4) is 0 Å². The molecule has 0 amide bonds. The zero-order valence-corrected chi connectivity index (χ0v) is 17.1. The first kappa shape index (κ1) is 23.0. The van der Waals surface area contributed by atoms with Crippen LogP contribution >= 0.6 is 11.9 Å². The fourth-order valence-electron chi connectivity index (χ4n) is 2.43. The van der Waals surface area contributed by atoms with Crippen molar-refractivity contribution in [1.82, 2.24) is 4.72 Å². The maximum Gasteiger partial charge on any atom is 0.303 e. The standard InChI is InChI=1S/C22H30FNO2S/c1-4-9-20(23)16-17(2)18(3)24-27-21-14-12-19(13-15-21)10-7-5-6-8-11-22(25)26/h9,12-16,24H,3-8,10-11H2,1-2H3,(H,25,26)/b17-16-,20-9+. The summed E-state index contributed by atoms with van der Waals surface area (Å²) in [5.74, 6) is -0.956. The zero-order chi connectivity index (χ0) is 20.1. The molecule has 0 unspecified atom stereocenters. The lowest BCUT2D eigenvalue weighted by molar-refractivity contribution is -0.137. The van der Waals surface area contributed by atoms with Gasteiger partial charge in [0.1, 0.15) is 5.83 Å².